The van der Waals surface area contributed by atoms with Crippen LogP contribution in [0.4, 0.5) is 5.69 Å². The Morgan fingerprint density at radius 3 is 2.58 bits per heavy atom. The zero-order valence-electron chi connectivity index (χ0n) is 15.0. The molecule has 2 atom stereocenters. The van der Waals surface area contributed by atoms with Crippen molar-refractivity contribution in [3.8, 4) is 0 Å². The Bertz CT molecular complexity index is 901. The molecular formula is C21H22N4S. The highest BCUT2D eigenvalue weighted by molar-refractivity contribution is 7.80. The van der Waals surface area contributed by atoms with E-state index < -0.39 is 0 Å². The summed E-state index contributed by atoms with van der Waals surface area (Å²) in [7, 11) is 0. The smallest absolute Gasteiger partial charge is 0.174 e. The summed E-state index contributed by atoms with van der Waals surface area (Å²) in [5.74, 6) is 0. The molecule has 1 aliphatic rings. The molecule has 1 aromatic carbocycles. The summed E-state index contributed by atoms with van der Waals surface area (Å²) in [4.78, 5) is 6.81. The van der Waals surface area contributed by atoms with Crippen molar-refractivity contribution in [2.45, 2.75) is 32.5 Å². The normalized spacial score (nSPS) is 19.6. The van der Waals surface area contributed by atoms with Crippen LogP contribution >= 0.6 is 12.2 Å². The molecule has 1 aliphatic heterocycles. The molecule has 3 aromatic rings. The van der Waals surface area contributed by atoms with E-state index in [4.69, 9.17) is 12.2 Å². The van der Waals surface area contributed by atoms with E-state index in [9.17, 15) is 0 Å². The lowest BCUT2D eigenvalue weighted by molar-refractivity contribution is 0.529. The molecule has 3 heterocycles. The fourth-order valence-electron chi connectivity index (χ4n) is 3.62. The van der Waals surface area contributed by atoms with Crippen molar-refractivity contribution >= 4 is 23.0 Å². The minimum atomic E-state index is 0.00482. The largest absolute Gasteiger partial charge is 0.351 e. The molecular weight excluding hydrogens is 340 g/mol. The molecule has 0 aliphatic carbocycles. The Balaban J connectivity index is 1.84. The Labute approximate surface area is 159 Å². The Hall–Kier alpha value is -2.66. The van der Waals surface area contributed by atoms with Crippen LogP contribution < -0.4 is 10.2 Å². The second-order valence-corrected chi connectivity index (χ2v) is 6.94. The van der Waals surface area contributed by atoms with Crippen LogP contribution in [0, 0.1) is 6.92 Å². The van der Waals surface area contributed by atoms with E-state index in [-0.39, 0.29) is 12.1 Å². The topological polar surface area (TPSA) is 33.1 Å². The first-order chi connectivity index (χ1) is 12.7. The maximum absolute atomic E-state index is 5.74. The molecule has 26 heavy (non-hydrogen) atoms. The number of benzene rings is 1. The lowest BCUT2D eigenvalue weighted by atomic mass is 10.0. The van der Waals surface area contributed by atoms with Crippen LogP contribution in [0.15, 0.2) is 67.0 Å². The molecule has 2 aromatic heterocycles. The van der Waals surface area contributed by atoms with Gasteiger partial charge in [0.1, 0.15) is 6.04 Å². The highest BCUT2D eigenvalue weighted by Crippen LogP contribution is 2.41. The number of rotatable bonds is 4. The summed E-state index contributed by atoms with van der Waals surface area (Å²) in [5, 5.41) is 4.24. The van der Waals surface area contributed by atoms with Crippen molar-refractivity contribution < 1.29 is 0 Å². The Kier molecular flexibility index (Phi) is 4.47. The van der Waals surface area contributed by atoms with E-state index in [1.807, 2.05) is 18.3 Å². The average molecular weight is 363 g/mol. The number of hydrogen-bond acceptors (Lipinski definition) is 2. The molecule has 1 N–H and O–H groups in total. The van der Waals surface area contributed by atoms with Crippen LogP contribution in [-0.2, 0) is 6.54 Å². The maximum atomic E-state index is 5.74. The quantitative estimate of drug-likeness (QED) is 0.698. The highest BCUT2D eigenvalue weighted by Gasteiger charge is 2.41. The molecule has 1 saturated heterocycles. The number of hydrogen-bond donors (Lipinski definition) is 1. The van der Waals surface area contributed by atoms with E-state index in [0.29, 0.717) is 0 Å². The van der Waals surface area contributed by atoms with Crippen molar-refractivity contribution in [1.82, 2.24) is 14.9 Å². The van der Waals surface area contributed by atoms with E-state index in [2.05, 4.69) is 82.3 Å². The fourth-order valence-corrected chi connectivity index (χ4v) is 3.97. The van der Waals surface area contributed by atoms with Gasteiger partial charge in [0, 0.05) is 30.3 Å². The van der Waals surface area contributed by atoms with Crippen LogP contribution in [0.5, 0.6) is 0 Å². The van der Waals surface area contributed by atoms with Gasteiger partial charge in [-0.1, -0.05) is 23.8 Å². The van der Waals surface area contributed by atoms with Gasteiger partial charge in [0.2, 0.25) is 0 Å². The van der Waals surface area contributed by atoms with Crippen LogP contribution in [0.1, 0.15) is 36.0 Å². The lowest BCUT2D eigenvalue weighted by Gasteiger charge is -2.28. The third-order valence-corrected chi connectivity index (χ3v) is 5.23. The van der Waals surface area contributed by atoms with Gasteiger partial charge in [-0.3, -0.25) is 4.98 Å². The van der Waals surface area contributed by atoms with Crippen LogP contribution in [0.3, 0.4) is 0 Å². The van der Waals surface area contributed by atoms with Crippen LogP contribution in [0.25, 0.3) is 0 Å². The van der Waals surface area contributed by atoms with Gasteiger partial charge >= 0.3 is 0 Å². The summed E-state index contributed by atoms with van der Waals surface area (Å²) in [6, 6.07) is 18.9. The Morgan fingerprint density at radius 1 is 1.08 bits per heavy atom. The SMILES string of the molecule is CCn1cccc1C1C(c2ccccn2)NC(=S)N1c1ccc(C)cc1. The first kappa shape index (κ1) is 16.8. The standard InChI is InChI=1S/C21H22N4S/c1-3-24-14-6-8-18(24)20-19(17-7-4-5-13-22-17)23-21(26)25(20)16-11-9-15(2)10-12-16/h4-14,19-20H,3H2,1-2H3,(H,23,26). The first-order valence-corrected chi connectivity index (χ1v) is 9.32. The molecule has 0 amide bonds. The second-order valence-electron chi connectivity index (χ2n) is 6.55. The number of thiocarbonyl (C=S) groups is 1. The monoisotopic (exact) mass is 362 g/mol. The molecule has 1 fully saturated rings. The molecule has 2 unspecified atom stereocenters. The number of anilines is 1. The van der Waals surface area contributed by atoms with Gasteiger partial charge in [-0.05, 0) is 62.5 Å². The van der Waals surface area contributed by atoms with Crippen molar-refractivity contribution in [1.29, 1.82) is 0 Å². The van der Waals surface area contributed by atoms with Crippen LogP contribution in [-0.4, -0.2) is 14.7 Å². The molecule has 4 nitrogen and oxygen atoms in total. The van der Waals surface area contributed by atoms with Crippen molar-refractivity contribution in [3.63, 3.8) is 0 Å². The third-order valence-electron chi connectivity index (χ3n) is 4.92. The maximum Gasteiger partial charge on any atom is 0.174 e. The molecule has 132 valence electrons. The van der Waals surface area contributed by atoms with Gasteiger partial charge < -0.3 is 14.8 Å². The van der Waals surface area contributed by atoms with Crippen LogP contribution in [0.2, 0.25) is 0 Å². The van der Waals surface area contributed by atoms with Gasteiger partial charge in [-0.2, -0.15) is 0 Å². The van der Waals surface area contributed by atoms with Crippen molar-refractivity contribution in [3.05, 3.63) is 83.9 Å². The zero-order chi connectivity index (χ0) is 18.1. The van der Waals surface area contributed by atoms with E-state index in [0.717, 1.165) is 23.0 Å². The number of aryl methyl sites for hydroxylation is 2. The van der Waals surface area contributed by atoms with E-state index in [1.165, 1.54) is 11.3 Å². The first-order valence-electron chi connectivity index (χ1n) is 8.91. The summed E-state index contributed by atoms with van der Waals surface area (Å²) in [5.41, 5.74) is 4.57. The Morgan fingerprint density at radius 2 is 1.88 bits per heavy atom. The average Bonchev–Trinajstić information content (AvgIpc) is 3.27. The van der Waals surface area contributed by atoms with Crippen molar-refractivity contribution in [2.24, 2.45) is 0 Å². The summed E-state index contributed by atoms with van der Waals surface area (Å²) < 4.78 is 2.28. The minimum absolute atomic E-state index is 0.00482. The van der Waals surface area contributed by atoms with Crippen molar-refractivity contribution in [2.75, 3.05) is 4.90 Å². The number of aromatic nitrogens is 2. The molecule has 0 radical (unpaired) electrons. The van der Waals surface area contributed by atoms with Gasteiger partial charge in [-0.15, -0.1) is 0 Å². The number of nitrogens with one attached hydrogen (secondary N) is 1. The second kappa shape index (κ2) is 6.92. The molecule has 4 rings (SSSR count). The summed E-state index contributed by atoms with van der Waals surface area (Å²) in [6.45, 7) is 5.18. The molecule has 0 saturated carbocycles. The zero-order valence-corrected chi connectivity index (χ0v) is 15.8. The predicted molar refractivity (Wildman–Crippen MR) is 109 cm³/mol. The summed E-state index contributed by atoms with van der Waals surface area (Å²) in [6.07, 6.45) is 3.96. The highest BCUT2D eigenvalue weighted by atomic mass is 32.1. The van der Waals surface area contributed by atoms with Gasteiger partial charge in [0.05, 0.1) is 11.7 Å². The van der Waals surface area contributed by atoms with Gasteiger partial charge in [0.15, 0.2) is 5.11 Å². The molecule has 0 spiro atoms. The minimum Gasteiger partial charge on any atom is -0.351 e. The lowest BCUT2D eigenvalue weighted by Crippen LogP contribution is -2.30. The molecule has 5 heteroatoms. The molecule has 0 bridgehead atoms. The fraction of sp³-hybridized carbons (Fsp3) is 0.238. The van der Waals surface area contributed by atoms with E-state index in [1.54, 1.807) is 0 Å². The number of pyridine rings is 1. The summed E-state index contributed by atoms with van der Waals surface area (Å²) >= 11 is 5.74. The van der Waals surface area contributed by atoms with Gasteiger partial charge in [0.25, 0.3) is 0 Å². The predicted octanol–water partition coefficient (Wildman–Crippen LogP) is 4.39. The third kappa shape index (κ3) is 2.88. The van der Waals surface area contributed by atoms with Gasteiger partial charge in [-0.25, -0.2) is 0 Å². The van der Waals surface area contributed by atoms with E-state index >= 15 is 0 Å². The number of nitrogens with zero attached hydrogens (tertiary/aromatic N) is 3.